The summed E-state index contributed by atoms with van der Waals surface area (Å²) in [7, 11) is -9.54. The molecule has 2 atom stereocenters. The van der Waals surface area contributed by atoms with E-state index < -0.39 is 53.4 Å². The van der Waals surface area contributed by atoms with Crippen LogP contribution in [-0.2, 0) is 20.2 Å². The Kier molecular flexibility index (Phi) is 7.63. The molecule has 0 heterocycles. The summed E-state index contributed by atoms with van der Waals surface area (Å²) in [6.07, 6.45) is 0. The van der Waals surface area contributed by atoms with Crippen LogP contribution in [0.25, 0.3) is 0 Å². The molecule has 0 saturated carbocycles. The molecule has 6 nitrogen and oxygen atoms in total. The highest BCUT2D eigenvalue weighted by Gasteiger charge is 2.63. The Morgan fingerprint density at radius 3 is 1.08 bits per heavy atom. The van der Waals surface area contributed by atoms with Crippen molar-refractivity contribution in [2.45, 2.75) is 74.0 Å². The standard InChI is InChI=1S/C18H38O6S2/c1-12(2)14(16(5,6)7)18(26(22,23)24,11-25(19,20)21)15(13(3)4)17(8,9)10/h12-15H,11H2,1-10H3,(H,19,20,21)(H,22,23,24). The normalized spacial score (nSPS) is 19.5. The first-order chi connectivity index (χ1) is 11.1. The molecule has 0 rings (SSSR count). The number of hydrogen-bond acceptors (Lipinski definition) is 4. The van der Waals surface area contributed by atoms with Crippen molar-refractivity contribution in [3.63, 3.8) is 0 Å². The first kappa shape index (κ1) is 25.8. The van der Waals surface area contributed by atoms with E-state index in [2.05, 4.69) is 0 Å². The lowest BCUT2D eigenvalue weighted by Gasteiger charge is -2.55. The lowest BCUT2D eigenvalue weighted by molar-refractivity contribution is 0.0252. The van der Waals surface area contributed by atoms with Gasteiger partial charge in [-0.05, 0) is 34.5 Å². The van der Waals surface area contributed by atoms with Crippen LogP contribution in [0.3, 0.4) is 0 Å². The molecule has 0 aromatic heterocycles. The molecule has 0 radical (unpaired) electrons. The number of rotatable bonds is 7. The minimum Gasteiger partial charge on any atom is -0.285 e. The molecule has 0 aromatic carbocycles. The Morgan fingerprint density at radius 1 is 0.692 bits per heavy atom. The third kappa shape index (κ3) is 5.66. The Bertz CT molecular complexity index is 650. The molecule has 0 aromatic rings. The van der Waals surface area contributed by atoms with Crippen LogP contribution < -0.4 is 0 Å². The molecule has 8 heteroatoms. The first-order valence-electron chi connectivity index (χ1n) is 9.01. The van der Waals surface area contributed by atoms with Gasteiger partial charge in [-0.1, -0.05) is 69.2 Å². The van der Waals surface area contributed by atoms with Crippen LogP contribution in [0.1, 0.15) is 69.2 Å². The van der Waals surface area contributed by atoms with Gasteiger partial charge < -0.3 is 0 Å². The summed E-state index contributed by atoms with van der Waals surface area (Å²) in [5, 5.41) is 0. The molecule has 2 N–H and O–H groups in total. The van der Waals surface area contributed by atoms with E-state index >= 15 is 0 Å². The van der Waals surface area contributed by atoms with Gasteiger partial charge >= 0.3 is 0 Å². The molecule has 0 aliphatic rings. The molecule has 0 saturated heterocycles. The lowest BCUT2D eigenvalue weighted by Crippen LogP contribution is -2.64. The van der Waals surface area contributed by atoms with E-state index in [0.717, 1.165) is 0 Å². The van der Waals surface area contributed by atoms with Gasteiger partial charge in [0, 0.05) is 0 Å². The second kappa shape index (κ2) is 7.68. The van der Waals surface area contributed by atoms with Gasteiger partial charge in [0.1, 0.15) is 4.75 Å². The number of hydrogen-bond donors (Lipinski definition) is 2. The largest absolute Gasteiger partial charge is 0.285 e. The second-order valence-electron chi connectivity index (χ2n) is 10.3. The van der Waals surface area contributed by atoms with Crippen molar-refractivity contribution in [1.29, 1.82) is 0 Å². The van der Waals surface area contributed by atoms with E-state index in [1.807, 2.05) is 69.2 Å². The molecule has 0 bridgehead atoms. The molecule has 0 fully saturated rings. The summed E-state index contributed by atoms with van der Waals surface area (Å²) in [6, 6.07) is 0. The van der Waals surface area contributed by atoms with Gasteiger partial charge in [-0.3, -0.25) is 9.11 Å². The zero-order valence-electron chi connectivity index (χ0n) is 17.9. The quantitative estimate of drug-likeness (QED) is 0.606. The maximum Gasteiger partial charge on any atom is 0.272 e. The average Bonchev–Trinajstić information content (AvgIpc) is 2.17. The molecule has 158 valence electrons. The highest BCUT2D eigenvalue weighted by atomic mass is 32.2. The van der Waals surface area contributed by atoms with Crippen molar-refractivity contribution in [3.8, 4) is 0 Å². The van der Waals surface area contributed by atoms with Gasteiger partial charge in [-0.15, -0.1) is 0 Å². The minimum absolute atomic E-state index is 0.248. The fourth-order valence-electron chi connectivity index (χ4n) is 5.65. The first-order valence-corrected chi connectivity index (χ1v) is 12.1. The summed E-state index contributed by atoms with van der Waals surface area (Å²) < 4.78 is 67.9. The molecule has 0 amide bonds. The van der Waals surface area contributed by atoms with Gasteiger partial charge in [0.05, 0.1) is 5.75 Å². The topological polar surface area (TPSA) is 109 Å². The third-order valence-electron chi connectivity index (χ3n) is 5.14. The van der Waals surface area contributed by atoms with Crippen LogP contribution in [-0.4, -0.2) is 36.4 Å². The van der Waals surface area contributed by atoms with E-state index in [4.69, 9.17) is 0 Å². The molecule has 2 unspecified atom stereocenters. The third-order valence-corrected chi connectivity index (χ3v) is 7.78. The Balaban J connectivity index is 7.45. The van der Waals surface area contributed by atoms with Crippen LogP contribution >= 0.6 is 0 Å². The highest BCUT2D eigenvalue weighted by Crippen LogP contribution is 2.54. The van der Waals surface area contributed by atoms with Crippen molar-refractivity contribution in [2.24, 2.45) is 34.5 Å². The molecule has 0 aliphatic carbocycles. The molecular weight excluding hydrogens is 376 g/mol. The van der Waals surface area contributed by atoms with E-state index in [9.17, 15) is 25.9 Å². The van der Waals surface area contributed by atoms with Gasteiger partial charge in [0.2, 0.25) is 0 Å². The fraction of sp³-hybridized carbons (Fsp3) is 1.00. The second-order valence-corrected chi connectivity index (χ2v) is 13.5. The summed E-state index contributed by atoms with van der Waals surface area (Å²) in [6.45, 7) is 18.3. The summed E-state index contributed by atoms with van der Waals surface area (Å²) >= 11 is 0. The van der Waals surface area contributed by atoms with E-state index in [0.29, 0.717) is 0 Å². The van der Waals surface area contributed by atoms with E-state index in [1.165, 1.54) is 0 Å². The predicted octanol–water partition coefficient (Wildman–Crippen LogP) is 4.14. The Labute approximate surface area is 160 Å². The maximum atomic E-state index is 12.9. The van der Waals surface area contributed by atoms with Crippen molar-refractivity contribution in [3.05, 3.63) is 0 Å². The smallest absolute Gasteiger partial charge is 0.272 e. The van der Waals surface area contributed by atoms with Gasteiger partial charge in [0.15, 0.2) is 0 Å². The monoisotopic (exact) mass is 414 g/mol. The van der Waals surface area contributed by atoms with Crippen LogP contribution in [0.4, 0.5) is 0 Å². The van der Waals surface area contributed by atoms with Crippen molar-refractivity contribution < 1.29 is 25.9 Å². The molecule has 26 heavy (non-hydrogen) atoms. The van der Waals surface area contributed by atoms with E-state index in [1.54, 1.807) is 0 Å². The van der Waals surface area contributed by atoms with Gasteiger partial charge in [0.25, 0.3) is 20.2 Å². The van der Waals surface area contributed by atoms with Crippen LogP contribution in [0.15, 0.2) is 0 Å². The van der Waals surface area contributed by atoms with Crippen molar-refractivity contribution in [2.75, 3.05) is 5.75 Å². The van der Waals surface area contributed by atoms with Gasteiger partial charge in [-0.25, -0.2) is 0 Å². The molecular formula is C18H38O6S2. The minimum atomic E-state index is -4.85. The summed E-state index contributed by atoms with van der Waals surface area (Å²) in [4.78, 5) is 0. The van der Waals surface area contributed by atoms with Gasteiger partial charge in [-0.2, -0.15) is 16.8 Å². The van der Waals surface area contributed by atoms with Crippen molar-refractivity contribution >= 4 is 20.2 Å². The Morgan fingerprint density at radius 2 is 0.962 bits per heavy atom. The zero-order chi connectivity index (χ0) is 21.5. The average molecular weight is 415 g/mol. The highest BCUT2D eigenvalue weighted by molar-refractivity contribution is 7.90. The molecule has 0 spiro atoms. The SMILES string of the molecule is CC(C)C(C(C)(C)C)C(CS(=O)(=O)O)(C(C(C)C)C(C)(C)C)S(=O)(=O)O. The summed E-state index contributed by atoms with van der Waals surface area (Å²) in [5.74, 6) is -2.94. The van der Waals surface area contributed by atoms with E-state index in [-0.39, 0.29) is 11.8 Å². The zero-order valence-corrected chi connectivity index (χ0v) is 19.5. The van der Waals surface area contributed by atoms with Crippen molar-refractivity contribution in [1.82, 2.24) is 0 Å². The maximum absolute atomic E-state index is 12.9. The van der Waals surface area contributed by atoms with Crippen LogP contribution in [0.2, 0.25) is 0 Å². The fourth-order valence-corrected chi connectivity index (χ4v) is 9.51. The Hall–Kier alpha value is -0.180. The summed E-state index contributed by atoms with van der Waals surface area (Å²) in [5.41, 5.74) is -1.26. The molecule has 0 aliphatic heterocycles. The van der Waals surface area contributed by atoms with Crippen LogP contribution in [0, 0.1) is 34.5 Å². The van der Waals surface area contributed by atoms with Crippen LogP contribution in [0.5, 0.6) is 0 Å². The predicted molar refractivity (Wildman–Crippen MR) is 106 cm³/mol. The lowest BCUT2D eigenvalue weighted by atomic mass is 9.57.